The molecule has 3 rings (SSSR count). The average Bonchev–Trinajstić information content (AvgIpc) is 3.24. The normalized spacial score (nSPS) is 10.2. The summed E-state index contributed by atoms with van der Waals surface area (Å²) in [7, 11) is 8.28. The quantitative estimate of drug-likeness (QED) is 0.0735. The van der Waals surface area contributed by atoms with E-state index in [9.17, 15) is 28.8 Å². The first-order chi connectivity index (χ1) is 27.5. The van der Waals surface area contributed by atoms with Gasteiger partial charge in [-0.3, -0.25) is 0 Å². The third kappa shape index (κ3) is 13.8. The number of hydrogen-bond donors (Lipinski definition) is 0. The first-order valence-electron chi connectivity index (χ1n) is 16.3. The molecule has 0 bridgehead atoms. The second-order valence-electron chi connectivity index (χ2n) is 10.8. The van der Waals surface area contributed by atoms with Crippen LogP contribution in [0.25, 0.3) is 0 Å². The topological polar surface area (TPSA) is 241 Å². The molecule has 0 atom stereocenters. The average molecular weight is 807 g/mol. The van der Waals surface area contributed by atoms with Crippen molar-refractivity contribution >= 4 is 36.4 Å². The van der Waals surface area contributed by atoms with E-state index >= 15 is 0 Å². The predicted octanol–water partition coefficient (Wildman–Crippen LogP) is 5.21. The molecule has 21 heteroatoms. The van der Waals surface area contributed by atoms with Crippen LogP contribution in [-0.2, 0) is 43.5 Å². The Labute approximate surface area is 324 Å². The minimum Gasteiger partial charge on any atom is -0.493 e. The number of methoxy groups -OCH3 is 6. The van der Waals surface area contributed by atoms with Gasteiger partial charge in [-0.25, -0.2) is 43.7 Å². The molecule has 21 nitrogen and oxygen atoms in total. The van der Waals surface area contributed by atoms with E-state index in [1.54, 1.807) is 0 Å². The summed E-state index contributed by atoms with van der Waals surface area (Å²) in [6.07, 6.45) is -4.37. The molecule has 0 N–H and O–H groups in total. The van der Waals surface area contributed by atoms with E-state index in [0.29, 0.717) is 17.2 Å². The molecule has 0 aliphatic rings. The van der Waals surface area contributed by atoms with Crippen molar-refractivity contribution in [1.29, 1.82) is 0 Å². The lowest BCUT2D eigenvalue weighted by Crippen LogP contribution is -2.21. The van der Waals surface area contributed by atoms with E-state index in [0.717, 1.165) is 0 Å². The van der Waals surface area contributed by atoms with Crippen LogP contribution >= 0.6 is 0 Å². The van der Waals surface area contributed by atoms with Crippen LogP contribution in [0.3, 0.4) is 0 Å². The van der Waals surface area contributed by atoms with Gasteiger partial charge < -0.3 is 42.6 Å². The zero-order chi connectivity index (χ0) is 41.7. The zero-order valence-electron chi connectivity index (χ0n) is 31.4. The Morgan fingerprint density at radius 1 is 0.404 bits per heavy atom. The monoisotopic (exact) mass is 806 g/mol. The van der Waals surface area contributed by atoms with Crippen molar-refractivity contribution in [1.82, 2.24) is 0 Å². The lowest BCUT2D eigenvalue weighted by atomic mass is 10.0. The van der Waals surface area contributed by atoms with E-state index in [1.807, 2.05) is 0 Å². The van der Waals surface area contributed by atoms with Gasteiger partial charge in [-0.15, -0.1) is 0 Å². The van der Waals surface area contributed by atoms with Crippen molar-refractivity contribution in [2.45, 2.75) is 12.8 Å². The summed E-state index contributed by atoms with van der Waals surface area (Å²) in [4.78, 5) is 100. The highest BCUT2D eigenvalue weighted by Crippen LogP contribution is 2.30. The van der Waals surface area contributed by atoms with Crippen molar-refractivity contribution in [3.05, 3.63) is 71.3 Å². The lowest BCUT2D eigenvalue weighted by Gasteiger charge is -2.16. The molecule has 0 amide bonds. The highest BCUT2D eigenvalue weighted by Gasteiger charge is 2.22. The number of rotatable bonds is 17. The third-order valence-corrected chi connectivity index (χ3v) is 7.34. The molecule has 0 radical (unpaired) electrons. The maximum absolute atomic E-state index is 12.4. The molecule has 0 aromatic heterocycles. The number of benzene rings is 3. The minimum atomic E-state index is -1.43. The van der Waals surface area contributed by atoms with Gasteiger partial charge in [-0.1, -0.05) is 0 Å². The van der Waals surface area contributed by atoms with E-state index in [1.165, 1.54) is 97.3 Å². The van der Waals surface area contributed by atoms with Gasteiger partial charge in [-0.05, 0) is 73.4 Å². The Hall–Kier alpha value is -7.32. The van der Waals surface area contributed by atoms with E-state index in [-0.39, 0.29) is 46.8 Å². The second kappa shape index (κ2) is 22.8. The molecule has 0 aliphatic carbocycles. The Morgan fingerprint density at radius 3 is 1.00 bits per heavy atom. The maximum Gasteiger partial charge on any atom is 0.549 e. The van der Waals surface area contributed by atoms with Crippen LogP contribution < -0.4 is 28.4 Å². The highest BCUT2D eigenvalue weighted by molar-refractivity contribution is 5.91. The summed E-state index contributed by atoms with van der Waals surface area (Å²) in [6.45, 7) is -1.24. The molecule has 308 valence electrons. The molecular formula is C36H38O21. The Bertz CT molecular complexity index is 1770. The summed E-state index contributed by atoms with van der Waals surface area (Å²) in [6, 6.07) is 12.2. The molecule has 0 heterocycles. The maximum atomic E-state index is 12.4. The molecular weight excluding hydrogens is 768 g/mol. The Balaban J connectivity index is 1.52. The van der Waals surface area contributed by atoms with Gasteiger partial charge in [0.25, 0.3) is 0 Å². The van der Waals surface area contributed by atoms with Gasteiger partial charge in [0.05, 0.1) is 79.2 Å². The van der Waals surface area contributed by atoms with Crippen LogP contribution in [0, 0.1) is 5.92 Å². The smallest absolute Gasteiger partial charge is 0.493 e. The fourth-order valence-electron chi connectivity index (χ4n) is 4.44. The van der Waals surface area contributed by atoms with Gasteiger partial charge >= 0.3 is 36.4 Å². The van der Waals surface area contributed by atoms with Crippen molar-refractivity contribution in [3.63, 3.8) is 0 Å². The van der Waals surface area contributed by atoms with Gasteiger partial charge in [0.2, 0.25) is 0 Å². The molecule has 0 saturated carbocycles. The second-order valence-corrected chi connectivity index (χ2v) is 10.8. The first kappa shape index (κ1) is 44.1. The van der Waals surface area contributed by atoms with Crippen LogP contribution in [0.1, 0.15) is 43.9 Å². The minimum absolute atomic E-state index is 0.0341. The lowest BCUT2D eigenvalue weighted by molar-refractivity contribution is -0.206. The zero-order valence-corrected chi connectivity index (χ0v) is 31.4. The van der Waals surface area contributed by atoms with Gasteiger partial charge in [-0.2, -0.15) is 14.4 Å². The molecule has 0 saturated heterocycles. The molecule has 0 aliphatic heterocycles. The number of hydrogen-bond acceptors (Lipinski definition) is 21. The summed E-state index contributed by atoms with van der Waals surface area (Å²) in [5.41, 5.74) is -0.114. The van der Waals surface area contributed by atoms with E-state index in [4.69, 9.17) is 42.6 Å². The number of carbonyl (C=O) groups excluding carboxylic acids is 6. The third-order valence-electron chi connectivity index (χ3n) is 7.34. The van der Waals surface area contributed by atoms with Crippen LogP contribution in [0.4, 0.5) is 14.4 Å². The van der Waals surface area contributed by atoms with Crippen molar-refractivity contribution in [3.8, 4) is 34.5 Å². The van der Waals surface area contributed by atoms with E-state index < -0.39 is 62.1 Å². The van der Waals surface area contributed by atoms with Gasteiger partial charge in [0.15, 0.2) is 34.5 Å². The predicted molar refractivity (Wildman–Crippen MR) is 185 cm³/mol. The summed E-state index contributed by atoms with van der Waals surface area (Å²) in [5.74, 6) is -2.24. The molecule has 0 unspecified atom stereocenters. The summed E-state index contributed by atoms with van der Waals surface area (Å²) in [5, 5.41) is 0. The standard InChI is InChI=1S/C36H38O21/c1-43-25-10-7-22(17-28(25)46-4)31(37)52-55-34(40)49-15-13-21(20-51-36(42)57-54-33(39)24-9-12-27(45-3)30(19-24)48-6)14-16-50-35(41)56-53-32(38)23-8-11-26(44-2)29(18-23)47-5/h7-12,17-19,21H,13-16,20H2,1-6H3. The van der Waals surface area contributed by atoms with Crippen molar-refractivity contribution < 1.29 is 101 Å². The number of ether oxygens (including phenoxy) is 9. The fraction of sp³-hybridized carbons (Fsp3) is 0.333. The molecule has 3 aromatic carbocycles. The Kier molecular flexibility index (Phi) is 17.6. The van der Waals surface area contributed by atoms with Crippen LogP contribution in [-0.4, -0.2) is 98.9 Å². The van der Waals surface area contributed by atoms with Crippen LogP contribution in [0.5, 0.6) is 34.5 Å². The Morgan fingerprint density at radius 2 is 0.702 bits per heavy atom. The largest absolute Gasteiger partial charge is 0.549 e. The van der Waals surface area contributed by atoms with Crippen molar-refractivity contribution in [2.24, 2.45) is 5.92 Å². The first-order valence-corrected chi connectivity index (χ1v) is 16.3. The molecule has 3 aromatic rings. The summed E-state index contributed by atoms with van der Waals surface area (Å²) < 4.78 is 45.5. The van der Waals surface area contributed by atoms with E-state index in [2.05, 4.69) is 29.3 Å². The molecule has 57 heavy (non-hydrogen) atoms. The molecule has 0 fully saturated rings. The van der Waals surface area contributed by atoms with Gasteiger partial charge in [0, 0.05) is 0 Å². The highest BCUT2D eigenvalue weighted by atomic mass is 17.2. The fourth-order valence-corrected chi connectivity index (χ4v) is 4.44. The van der Waals surface area contributed by atoms with Crippen LogP contribution in [0.15, 0.2) is 54.6 Å². The molecule has 0 spiro atoms. The van der Waals surface area contributed by atoms with Crippen LogP contribution in [0.2, 0.25) is 0 Å². The van der Waals surface area contributed by atoms with Gasteiger partial charge in [0.1, 0.15) is 0 Å². The summed E-state index contributed by atoms with van der Waals surface area (Å²) >= 11 is 0. The SMILES string of the molecule is COc1ccc(C(=O)OOC(=O)OCCC(CCOC(=O)OOC(=O)c2ccc(OC)c(OC)c2)COC(=O)OOC(=O)c2ccc(OC)c(OC)c2)cc1OC. The number of carbonyl (C=O) groups is 6. The van der Waals surface area contributed by atoms with Crippen molar-refractivity contribution in [2.75, 3.05) is 62.5 Å².